The van der Waals surface area contributed by atoms with Gasteiger partial charge in [0.25, 0.3) is 0 Å². The number of hydrogen-bond donors (Lipinski definition) is 1. The number of H-pyrrole nitrogens is 1. The molecule has 2 aromatic carbocycles. The highest BCUT2D eigenvalue weighted by atomic mass is 32.1. The molecular weight excluding hydrogens is 342 g/mol. The number of aromatic nitrogens is 3. The minimum absolute atomic E-state index is 0.128. The first kappa shape index (κ1) is 16.9. The first-order chi connectivity index (χ1) is 12.8. The lowest BCUT2D eigenvalue weighted by Gasteiger charge is -2.16. The van der Waals surface area contributed by atoms with Crippen molar-refractivity contribution in [3.63, 3.8) is 0 Å². The van der Waals surface area contributed by atoms with E-state index < -0.39 is 0 Å². The number of hydrogen-bond acceptors (Lipinski definition) is 4. The number of fused-ring (bicyclic) bond motifs is 1. The van der Waals surface area contributed by atoms with Crippen molar-refractivity contribution in [1.29, 1.82) is 0 Å². The van der Waals surface area contributed by atoms with E-state index in [4.69, 9.17) is 9.72 Å². The summed E-state index contributed by atoms with van der Waals surface area (Å²) >= 11 is 1.71. The van der Waals surface area contributed by atoms with Crippen LogP contribution in [0.5, 0.6) is 0 Å². The second-order valence-corrected chi connectivity index (χ2v) is 7.34. The van der Waals surface area contributed by atoms with Crippen LogP contribution in [0.2, 0.25) is 0 Å². The Bertz CT molecular complexity index is 944. The predicted octanol–water partition coefficient (Wildman–Crippen LogP) is 5.07. The maximum atomic E-state index is 6.29. The van der Waals surface area contributed by atoms with E-state index in [0.717, 1.165) is 40.4 Å². The quantitative estimate of drug-likeness (QED) is 0.467. The summed E-state index contributed by atoms with van der Waals surface area (Å²) in [6.07, 6.45) is 3.65. The summed E-state index contributed by atoms with van der Waals surface area (Å²) in [5.74, 6) is 0.956. The van der Waals surface area contributed by atoms with E-state index in [0.29, 0.717) is 6.61 Å². The second-order valence-electron chi connectivity index (χ2n) is 6.28. The van der Waals surface area contributed by atoms with Crippen LogP contribution in [-0.4, -0.2) is 21.6 Å². The predicted molar refractivity (Wildman–Crippen MR) is 106 cm³/mol. The van der Waals surface area contributed by atoms with Crippen molar-refractivity contribution in [2.24, 2.45) is 0 Å². The van der Waals surface area contributed by atoms with Crippen LogP contribution in [0.1, 0.15) is 34.6 Å². The van der Waals surface area contributed by atoms with Gasteiger partial charge in [-0.05, 0) is 37.5 Å². The van der Waals surface area contributed by atoms with Crippen molar-refractivity contribution in [2.45, 2.75) is 25.9 Å². The molecule has 0 bridgehead atoms. The number of rotatable bonds is 7. The number of nitrogens with one attached hydrogen (secondary N) is 1. The topological polar surface area (TPSA) is 50.8 Å². The first-order valence-electron chi connectivity index (χ1n) is 8.82. The normalized spacial score (nSPS) is 12.5. The third kappa shape index (κ3) is 3.84. The molecule has 0 aliphatic heterocycles. The van der Waals surface area contributed by atoms with Gasteiger partial charge in [-0.1, -0.05) is 42.5 Å². The molecule has 0 aliphatic rings. The lowest BCUT2D eigenvalue weighted by atomic mass is 10.1. The summed E-state index contributed by atoms with van der Waals surface area (Å²) < 4.78 is 7.48. The van der Waals surface area contributed by atoms with Crippen molar-refractivity contribution >= 4 is 21.6 Å². The summed E-state index contributed by atoms with van der Waals surface area (Å²) in [5, 5.41) is 1.01. The summed E-state index contributed by atoms with van der Waals surface area (Å²) in [7, 11) is 0. The second kappa shape index (κ2) is 7.81. The zero-order valence-electron chi connectivity index (χ0n) is 14.7. The molecule has 0 saturated carbocycles. The summed E-state index contributed by atoms with van der Waals surface area (Å²) in [4.78, 5) is 12.3. The molecule has 1 N–H and O–H groups in total. The fraction of sp³-hybridized carbons (Fsp3) is 0.238. The van der Waals surface area contributed by atoms with E-state index in [9.17, 15) is 0 Å². The molecule has 4 rings (SSSR count). The molecule has 0 radical (unpaired) electrons. The maximum absolute atomic E-state index is 6.29. The van der Waals surface area contributed by atoms with Crippen LogP contribution >= 0.6 is 11.3 Å². The zero-order valence-corrected chi connectivity index (χ0v) is 15.5. The summed E-state index contributed by atoms with van der Waals surface area (Å²) in [5.41, 5.74) is 3.33. The number of para-hydroxylation sites is 1. The Morgan fingerprint density at radius 3 is 2.65 bits per heavy atom. The average molecular weight is 363 g/mol. The van der Waals surface area contributed by atoms with Gasteiger partial charge in [0.05, 0.1) is 10.2 Å². The van der Waals surface area contributed by atoms with Gasteiger partial charge in [-0.25, -0.2) is 9.97 Å². The van der Waals surface area contributed by atoms with Crippen molar-refractivity contribution in [3.8, 4) is 0 Å². The van der Waals surface area contributed by atoms with Gasteiger partial charge in [-0.15, -0.1) is 11.3 Å². The molecule has 1 atom stereocenters. The number of benzene rings is 2. The molecule has 0 amide bonds. The van der Waals surface area contributed by atoms with E-state index in [1.807, 2.05) is 37.4 Å². The number of nitrogens with zero attached hydrogens (tertiary/aromatic N) is 2. The molecule has 0 saturated heterocycles. The molecule has 26 heavy (non-hydrogen) atoms. The standard InChI is InChI=1S/C21H21N3OS/c1-15-22-14-17(23-15)10-7-13-25-20(16-8-3-2-4-9-16)21-24-18-11-5-6-12-19(18)26-21/h2-6,8-9,11-12,14,20H,7,10,13H2,1H3,(H,22,23). The van der Waals surface area contributed by atoms with Gasteiger partial charge in [0, 0.05) is 18.5 Å². The van der Waals surface area contributed by atoms with Crippen molar-refractivity contribution in [2.75, 3.05) is 6.61 Å². The average Bonchev–Trinajstić information content (AvgIpc) is 3.28. The highest BCUT2D eigenvalue weighted by molar-refractivity contribution is 7.18. The maximum Gasteiger partial charge on any atom is 0.134 e. The van der Waals surface area contributed by atoms with Gasteiger partial charge in [-0.3, -0.25) is 0 Å². The van der Waals surface area contributed by atoms with E-state index >= 15 is 0 Å². The van der Waals surface area contributed by atoms with Gasteiger partial charge < -0.3 is 9.72 Å². The molecule has 4 nitrogen and oxygen atoms in total. The Morgan fingerprint density at radius 2 is 1.88 bits per heavy atom. The fourth-order valence-corrected chi connectivity index (χ4v) is 4.05. The van der Waals surface area contributed by atoms with Gasteiger partial charge in [0.15, 0.2) is 0 Å². The molecule has 132 valence electrons. The van der Waals surface area contributed by atoms with Crippen molar-refractivity contribution in [1.82, 2.24) is 15.0 Å². The summed E-state index contributed by atoms with van der Waals surface area (Å²) in [6, 6.07) is 18.6. The van der Waals surface area contributed by atoms with Crippen LogP contribution < -0.4 is 0 Å². The van der Waals surface area contributed by atoms with Crippen LogP contribution in [0.25, 0.3) is 10.2 Å². The van der Waals surface area contributed by atoms with E-state index in [1.165, 1.54) is 4.70 Å². The molecule has 4 aromatic rings. The molecule has 2 heterocycles. The Hall–Kier alpha value is -2.50. The molecule has 5 heteroatoms. The van der Waals surface area contributed by atoms with E-state index in [1.54, 1.807) is 11.3 Å². The van der Waals surface area contributed by atoms with Gasteiger partial charge in [0.2, 0.25) is 0 Å². The van der Waals surface area contributed by atoms with Gasteiger partial charge in [-0.2, -0.15) is 0 Å². The van der Waals surface area contributed by atoms with Crippen LogP contribution in [0.3, 0.4) is 0 Å². The summed E-state index contributed by atoms with van der Waals surface area (Å²) in [6.45, 7) is 2.64. The Kier molecular flexibility index (Phi) is 5.09. The minimum Gasteiger partial charge on any atom is -0.366 e. The molecule has 0 fully saturated rings. The zero-order chi connectivity index (χ0) is 17.8. The number of thiazole rings is 1. The number of aromatic amines is 1. The largest absolute Gasteiger partial charge is 0.366 e. The molecule has 1 unspecified atom stereocenters. The third-order valence-electron chi connectivity index (χ3n) is 4.27. The molecular formula is C21H21N3OS. The Labute approximate surface area is 156 Å². The Morgan fingerprint density at radius 1 is 1.08 bits per heavy atom. The number of ether oxygens (including phenoxy) is 1. The van der Waals surface area contributed by atoms with E-state index in [2.05, 4.69) is 40.3 Å². The van der Waals surface area contributed by atoms with Crippen LogP contribution in [-0.2, 0) is 11.2 Å². The van der Waals surface area contributed by atoms with Crippen LogP contribution in [0.4, 0.5) is 0 Å². The van der Waals surface area contributed by atoms with Crippen molar-refractivity contribution < 1.29 is 4.74 Å². The van der Waals surface area contributed by atoms with Crippen LogP contribution in [0.15, 0.2) is 60.8 Å². The smallest absolute Gasteiger partial charge is 0.134 e. The molecule has 0 spiro atoms. The Balaban J connectivity index is 1.49. The SMILES string of the molecule is Cc1ncc(CCCOC(c2ccccc2)c2nc3ccccc3s2)[nH]1. The lowest BCUT2D eigenvalue weighted by molar-refractivity contribution is 0.0782. The van der Waals surface area contributed by atoms with Gasteiger partial charge in [0.1, 0.15) is 16.9 Å². The first-order valence-corrected chi connectivity index (χ1v) is 9.64. The monoisotopic (exact) mass is 363 g/mol. The fourth-order valence-electron chi connectivity index (χ4n) is 3.00. The highest BCUT2D eigenvalue weighted by Gasteiger charge is 2.19. The van der Waals surface area contributed by atoms with Crippen LogP contribution in [0, 0.1) is 6.92 Å². The molecule has 0 aliphatic carbocycles. The minimum atomic E-state index is -0.128. The van der Waals surface area contributed by atoms with E-state index in [-0.39, 0.29) is 6.10 Å². The number of imidazole rings is 1. The highest BCUT2D eigenvalue weighted by Crippen LogP contribution is 2.32. The lowest BCUT2D eigenvalue weighted by Crippen LogP contribution is -2.08. The number of aryl methyl sites for hydroxylation is 2. The van der Waals surface area contributed by atoms with Crippen molar-refractivity contribution in [3.05, 3.63) is 82.9 Å². The molecule has 2 aromatic heterocycles. The third-order valence-corrected chi connectivity index (χ3v) is 5.35. The van der Waals surface area contributed by atoms with Gasteiger partial charge >= 0.3 is 0 Å².